The van der Waals surface area contributed by atoms with Crippen LogP contribution in [0.2, 0.25) is 0 Å². The molecule has 0 spiro atoms. The van der Waals surface area contributed by atoms with E-state index in [1.165, 1.54) is 25.7 Å². The first-order valence-corrected chi connectivity index (χ1v) is 12.9. The van der Waals surface area contributed by atoms with Crippen LogP contribution in [0.25, 0.3) is 16.9 Å². The van der Waals surface area contributed by atoms with Gasteiger partial charge >= 0.3 is 0 Å². The van der Waals surface area contributed by atoms with E-state index in [1.54, 1.807) is 10.9 Å². The van der Waals surface area contributed by atoms with Crippen LogP contribution >= 0.6 is 0 Å². The highest BCUT2D eigenvalue weighted by molar-refractivity contribution is 5.90. The van der Waals surface area contributed by atoms with E-state index in [1.807, 2.05) is 67.7 Å². The van der Waals surface area contributed by atoms with E-state index >= 15 is 0 Å². The molecular formula is C29H37N5O2. The van der Waals surface area contributed by atoms with Crippen LogP contribution in [-0.4, -0.2) is 34.4 Å². The lowest BCUT2D eigenvalue weighted by molar-refractivity contribution is -0.126. The highest BCUT2D eigenvalue weighted by Crippen LogP contribution is 2.23. The second kappa shape index (κ2) is 14.6. The maximum atomic E-state index is 12.2. The number of hydrogen-bond donors (Lipinski definition) is 2. The molecule has 0 saturated carbocycles. The highest BCUT2D eigenvalue weighted by Gasteiger charge is 2.11. The summed E-state index contributed by atoms with van der Waals surface area (Å²) in [5.74, 6) is -0.472. The molecule has 1 heterocycles. The Bertz CT molecular complexity index is 1120. The van der Waals surface area contributed by atoms with Crippen LogP contribution in [-0.2, 0) is 9.59 Å². The van der Waals surface area contributed by atoms with Crippen molar-refractivity contribution >= 4 is 18.0 Å². The van der Waals surface area contributed by atoms with Crippen molar-refractivity contribution in [3.63, 3.8) is 0 Å². The molecule has 2 aromatic carbocycles. The number of aryl methyl sites for hydroxylation is 1. The molecule has 7 nitrogen and oxygen atoms in total. The molecule has 0 aliphatic heterocycles. The van der Waals surface area contributed by atoms with Gasteiger partial charge in [-0.3, -0.25) is 9.59 Å². The second-order valence-corrected chi connectivity index (χ2v) is 9.02. The Hall–Kier alpha value is -3.74. The molecule has 7 heteroatoms. The van der Waals surface area contributed by atoms with Gasteiger partial charge in [0.15, 0.2) is 0 Å². The number of unbranched alkanes of at least 4 members (excludes halogenated alkanes) is 6. The molecule has 0 aliphatic rings. The first kappa shape index (κ1) is 26.9. The first-order valence-electron chi connectivity index (χ1n) is 12.9. The van der Waals surface area contributed by atoms with Gasteiger partial charge in [0.25, 0.3) is 5.91 Å². The van der Waals surface area contributed by atoms with Gasteiger partial charge in [-0.05, 0) is 25.5 Å². The quantitative estimate of drug-likeness (QED) is 0.177. The molecule has 1 aromatic heterocycles. The highest BCUT2D eigenvalue weighted by atomic mass is 16.2. The minimum atomic E-state index is -0.369. The van der Waals surface area contributed by atoms with Crippen molar-refractivity contribution < 1.29 is 9.59 Å². The van der Waals surface area contributed by atoms with Gasteiger partial charge in [0.1, 0.15) is 5.69 Å². The third-order valence-electron chi connectivity index (χ3n) is 5.93. The van der Waals surface area contributed by atoms with Crippen LogP contribution in [0.3, 0.4) is 0 Å². The topological polar surface area (TPSA) is 88.4 Å². The van der Waals surface area contributed by atoms with E-state index in [-0.39, 0.29) is 18.4 Å². The van der Waals surface area contributed by atoms with Gasteiger partial charge in [0, 0.05) is 23.7 Å². The lowest BCUT2D eigenvalue weighted by Crippen LogP contribution is -2.34. The van der Waals surface area contributed by atoms with Crippen LogP contribution in [0.5, 0.6) is 0 Å². The smallest absolute Gasteiger partial charge is 0.259 e. The average Bonchev–Trinajstić information content (AvgIpc) is 3.32. The van der Waals surface area contributed by atoms with Crippen LogP contribution in [0.4, 0.5) is 0 Å². The molecule has 0 saturated heterocycles. The van der Waals surface area contributed by atoms with Gasteiger partial charge < -0.3 is 5.32 Å². The third-order valence-corrected chi connectivity index (χ3v) is 5.93. The molecule has 0 atom stereocenters. The summed E-state index contributed by atoms with van der Waals surface area (Å²) >= 11 is 0. The Kier molecular flexibility index (Phi) is 10.9. The fraction of sp³-hybridized carbons (Fsp3) is 0.379. The fourth-order valence-corrected chi connectivity index (χ4v) is 3.85. The summed E-state index contributed by atoms with van der Waals surface area (Å²) in [6.07, 6.45) is 12.0. The molecule has 0 aliphatic carbocycles. The van der Waals surface area contributed by atoms with Crippen molar-refractivity contribution in [2.75, 3.05) is 6.54 Å². The summed E-state index contributed by atoms with van der Waals surface area (Å²) in [6.45, 7) is 4.15. The maximum Gasteiger partial charge on any atom is 0.259 e. The van der Waals surface area contributed by atoms with Gasteiger partial charge in [-0.1, -0.05) is 93.5 Å². The first-order chi connectivity index (χ1) is 17.6. The molecule has 0 radical (unpaired) electrons. The zero-order valence-electron chi connectivity index (χ0n) is 21.4. The molecule has 2 amide bonds. The molecule has 3 rings (SSSR count). The van der Waals surface area contributed by atoms with E-state index in [2.05, 4.69) is 22.8 Å². The number of nitrogens with one attached hydrogen (secondary N) is 2. The van der Waals surface area contributed by atoms with E-state index in [9.17, 15) is 9.59 Å². The molecule has 190 valence electrons. The SMILES string of the molecule is CCCCCCCCCC(=O)NCC(=O)N/N=C/c1cn(-c2ccccc2)nc1-c1ccc(C)cc1. The fourth-order valence-electron chi connectivity index (χ4n) is 3.85. The summed E-state index contributed by atoms with van der Waals surface area (Å²) in [6, 6.07) is 17.9. The summed E-state index contributed by atoms with van der Waals surface area (Å²) < 4.78 is 1.79. The number of rotatable bonds is 14. The van der Waals surface area contributed by atoms with E-state index < -0.39 is 0 Å². The van der Waals surface area contributed by atoms with Gasteiger partial charge in [0.05, 0.1) is 18.4 Å². The predicted molar refractivity (Wildman–Crippen MR) is 145 cm³/mol. The molecule has 0 fully saturated rings. The maximum absolute atomic E-state index is 12.2. The Balaban J connectivity index is 1.52. The Labute approximate surface area is 214 Å². The van der Waals surface area contributed by atoms with Crippen LogP contribution in [0.1, 0.15) is 69.4 Å². The van der Waals surface area contributed by atoms with Crippen molar-refractivity contribution in [3.05, 3.63) is 71.9 Å². The van der Waals surface area contributed by atoms with E-state index in [4.69, 9.17) is 5.10 Å². The molecule has 0 unspecified atom stereocenters. The molecule has 3 aromatic rings. The van der Waals surface area contributed by atoms with Crippen molar-refractivity contribution in [2.24, 2.45) is 5.10 Å². The largest absolute Gasteiger partial charge is 0.347 e. The number of hydrogen-bond acceptors (Lipinski definition) is 4. The number of amides is 2. The van der Waals surface area contributed by atoms with Crippen molar-refractivity contribution in [3.8, 4) is 16.9 Å². The minimum Gasteiger partial charge on any atom is -0.347 e. The molecule has 0 bridgehead atoms. The number of nitrogens with zero attached hydrogens (tertiary/aromatic N) is 3. The van der Waals surface area contributed by atoms with E-state index in [0.717, 1.165) is 47.3 Å². The van der Waals surface area contributed by atoms with E-state index in [0.29, 0.717) is 6.42 Å². The number of hydrazone groups is 1. The minimum absolute atomic E-state index is 0.0965. The Morgan fingerprint density at radius 1 is 0.917 bits per heavy atom. The summed E-state index contributed by atoms with van der Waals surface area (Å²) in [5.41, 5.74) is 7.08. The monoisotopic (exact) mass is 487 g/mol. The number of carbonyl (C=O) groups is 2. The zero-order valence-corrected chi connectivity index (χ0v) is 21.4. The lowest BCUT2D eigenvalue weighted by Gasteiger charge is -2.04. The number of carbonyl (C=O) groups excluding carboxylic acids is 2. The van der Waals surface area contributed by atoms with Crippen molar-refractivity contribution in [1.29, 1.82) is 0 Å². The van der Waals surface area contributed by atoms with Crippen LogP contribution in [0, 0.1) is 6.92 Å². The normalized spacial score (nSPS) is 11.1. The summed E-state index contributed by atoms with van der Waals surface area (Å²) in [7, 11) is 0. The Morgan fingerprint density at radius 3 is 2.33 bits per heavy atom. The standard InChI is InChI=1S/C29H37N5O2/c1-3-4-5-6-7-8-12-15-27(35)30-21-28(36)32-31-20-25-22-34(26-13-10-9-11-14-26)33-29(25)24-18-16-23(2)17-19-24/h9-11,13-14,16-20,22H,3-8,12,15,21H2,1-2H3,(H,30,35)(H,32,36)/b31-20+. The number of benzene rings is 2. The van der Waals surface area contributed by atoms with Gasteiger partial charge in [-0.2, -0.15) is 10.2 Å². The summed E-state index contributed by atoms with van der Waals surface area (Å²) in [4.78, 5) is 24.2. The van der Waals surface area contributed by atoms with Crippen molar-refractivity contribution in [2.45, 2.75) is 65.2 Å². The number of aromatic nitrogens is 2. The second-order valence-electron chi connectivity index (χ2n) is 9.02. The van der Waals surface area contributed by atoms with Crippen LogP contribution in [0.15, 0.2) is 65.9 Å². The van der Waals surface area contributed by atoms with Gasteiger partial charge in [0.2, 0.25) is 5.91 Å². The van der Waals surface area contributed by atoms with Gasteiger partial charge in [-0.15, -0.1) is 0 Å². The predicted octanol–water partition coefficient (Wildman–Crippen LogP) is 5.55. The molecular weight excluding hydrogens is 450 g/mol. The lowest BCUT2D eigenvalue weighted by atomic mass is 10.1. The molecule has 2 N–H and O–H groups in total. The average molecular weight is 488 g/mol. The van der Waals surface area contributed by atoms with Crippen LogP contribution < -0.4 is 10.7 Å². The number of para-hydroxylation sites is 1. The zero-order chi connectivity index (χ0) is 25.6. The summed E-state index contributed by atoms with van der Waals surface area (Å²) in [5, 5.41) is 11.5. The molecule has 36 heavy (non-hydrogen) atoms. The Morgan fingerprint density at radius 2 is 1.61 bits per heavy atom. The van der Waals surface area contributed by atoms with Gasteiger partial charge in [-0.25, -0.2) is 10.1 Å². The van der Waals surface area contributed by atoms with Crippen molar-refractivity contribution in [1.82, 2.24) is 20.5 Å². The third kappa shape index (κ3) is 8.80.